The number of carbonyl (C=O) groups is 2. The zero-order valence-electron chi connectivity index (χ0n) is 14.6. The van der Waals surface area contributed by atoms with E-state index < -0.39 is 0 Å². The molecule has 25 heavy (non-hydrogen) atoms. The van der Waals surface area contributed by atoms with Crippen LogP contribution in [0.5, 0.6) is 0 Å². The van der Waals surface area contributed by atoms with Crippen LogP contribution in [0.15, 0.2) is 24.3 Å². The van der Waals surface area contributed by atoms with Crippen molar-refractivity contribution >= 4 is 23.2 Å². The van der Waals surface area contributed by atoms with Crippen molar-refractivity contribution in [3.8, 4) is 0 Å². The summed E-state index contributed by atoms with van der Waals surface area (Å²) in [4.78, 5) is 31.2. The Morgan fingerprint density at radius 1 is 1.08 bits per heavy atom. The van der Waals surface area contributed by atoms with Crippen LogP contribution >= 0.6 is 0 Å². The molecule has 3 aliphatic rings. The predicted octanol–water partition coefficient (Wildman–Crippen LogP) is 1.53. The molecule has 134 valence electrons. The second-order valence-corrected chi connectivity index (χ2v) is 7.30. The van der Waals surface area contributed by atoms with Gasteiger partial charge in [0, 0.05) is 19.1 Å². The smallest absolute Gasteiger partial charge is 0.244 e. The van der Waals surface area contributed by atoms with Crippen LogP contribution in [0.2, 0.25) is 0 Å². The maximum Gasteiger partial charge on any atom is 0.244 e. The number of piperidine rings is 1. The first kappa shape index (κ1) is 16.5. The van der Waals surface area contributed by atoms with Crippen molar-refractivity contribution in [1.82, 2.24) is 9.80 Å². The fraction of sp³-hybridized carbons (Fsp3) is 0.579. The summed E-state index contributed by atoms with van der Waals surface area (Å²) < 4.78 is 0. The van der Waals surface area contributed by atoms with E-state index in [2.05, 4.69) is 15.1 Å². The van der Waals surface area contributed by atoms with Crippen LogP contribution in [0.25, 0.3) is 0 Å². The second kappa shape index (κ2) is 7.14. The largest absolute Gasteiger partial charge is 0.323 e. The van der Waals surface area contributed by atoms with Crippen molar-refractivity contribution in [1.29, 1.82) is 0 Å². The lowest BCUT2D eigenvalue weighted by Crippen LogP contribution is -2.50. The Bertz CT molecular complexity index is 649. The molecule has 1 N–H and O–H groups in total. The minimum Gasteiger partial charge on any atom is -0.323 e. The minimum atomic E-state index is -0.125. The third-order valence-corrected chi connectivity index (χ3v) is 5.64. The fourth-order valence-corrected chi connectivity index (χ4v) is 4.28. The van der Waals surface area contributed by atoms with E-state index in [4.69, 9.17) is 0 Å². The maximum atomic E-state index is 12.8. The molecule has 3 aliphatic heterocycles. The van der Waals surface area contributed by atoms with Gasteiger partial charge < -0.3 is 10.2 Å². The number of hydrogen-bond acceptors (Lipinski definition) is 4. The van der Waals surface area contributed by atoms with Crippen LogP contribution in [0.4, 0.5) is 11.4 Å². The highest BCUT2D eigenvalue weighted by Crippen LogP contribution is 2.29. The van der Waals surface area contributed by atoms with E-state index in [0.29, 0.717) is 12.6 Å². The molecule has 1 aromatic carbocycles. The van der Waals surface area contributed by atoms with E-state index in [0.717, 1.165) is 37.3 Å². The lowest BCUT2D eigenvalue weighted by atomic mass is 10.0. The molecule has 0 unspecified atom stereocenters. The number of rotatable bonds is 3. The van der Waals surface area contributed by atoms with Gasteiger partial charge in [-0.15, -0.1) is 0 Å². The van der Waals surface area contributed by atoms with Crippen LogP contribution in [0, 0.1) is 0 Å². The Balaban J connectivity index is 1.36. The van der Waals surface area contributed by atoms with Crippen molar-refractivity contribution in [3.63, 3.8) is 0 Å². The SMILES string of the molecule is O=C1CN(C(=O)CN2CCC(N3CCCC3)CC2)c2ccccc2N1. The molecule has 6 heteroatoms. The van der Waals surface area contributed by atoms with Crippen LogP contribution in [0.3, 0.4) is 0 Å². The number of amides is 2. The Kier molecular flexibility index (Phi) is 4.72. The number of likely N-dealkylation sites (tertiary alicyclic amines) is 2. The summed E-state index contributed by atoms with van der Waals surface area (Å²) in [5.41, 5.74) is 1.53. The van der Waals surface area contributed by atoms with Crippen LogP contribution < -0.4 is 10.2 Å². The molecular formula is C19H26N4O2. The molecule has 0 aromatic heterocycles. The van der Waals surface area contributed by atoms with Gasteiger partial charge in [-0.2, -0.15) is 0 Å². The topological polar surface area (TPSA) is 55.9 Å². The van der Waals surface area contributed by atoms with Gasteiger partial charge in [0.2, 0.25) is 11.8 Å². The van der Waals surface area contributed by atoms with Crippen molar-refractivity contribution in [3.05, 3.63) is 24.3 Å². The zero-order chi connectivity index (χ0) is 17.2. The summed E-state index contributed by atoms with van der Waals surface area (Å²) in [7, 11) is 0. The van der Waals surface area contributed by atoms with Crippen molar-refractivity contribution in [2.45, 2.75) is 31.7 Å². The molecule has 0 saturated carbocycles. The van der Waals surface area contributed by atoms with E-state index in [-0.39, 0.29) is 18.4 Å². The van der Waals surface area contributed by atoms with Crippen molar-refractivity contribution in [2.24, 2.45) is 0 Å². The number of nitrogens with zero attached hydrogens (tertiary/aromatic N) is 3. The average Bonchev–Trinajstić information content (AvgIpc) is 3.16. The van der Waals surface area contributed by atoms with Gasteiger partial charge in [0.05, 0.1) is 17.9 Å². The van der Waals surface area contributed by atoms with Crippen LogP contribution in [-0.2, 0) is 9.59 Å². The van der Waals surface area contributed by atoms with Gasteiger partial charge in [-0.3, -0.25) is 19.4 Å². The van der Waals surface area contributed by atoms with E-state index in [1.54, 1.807) is 4.90 Å². The highest BCUT2D eigenvalue weighted by atomic mass is 16.2. The molecule has 0 radical (unpaired) electrons. The van der Waals surface area contributed by atoms with Gasteiger partial charge in [-0.05, 0) is 50.9 Å². The summed E-state index contributed by atoms with van der Waals surface area (Å²) in [6.45, 7) is 4.92. The number of para-hydroxylation sites is 2. The summed E-state index contributed by atoms with van der Waals surface area (Å²) >= 11 is 0. The molecule has 0 spiro atoms. The van der Waals surface area contributed by atoms with Gasteiger partial charge in [-0.25, -0.2) is 0 Å². The molecule has 3 heterocycles. The fourth-order valence-electron chi connectivity index (χ4n) is 4.28. The number of benzene rings is 1. The number of carbonyl (C=O) groups excluding carboxylic acids is 2. The van der Waals surface area contributed by atoms with Gasteiger partial charge in [0.1, 0.15) is 6.54 Å². The Hall–Kier alpha value is -1.92. The first-order chi connectivity index (χ1) is 12.2. The van der Waals surface area contributed by atoms with E-state index in [9.17, 15) is 9.59 Å². The molecule has 2 saturated heterocycles. The number of nitrogens with one attached hydrogen (secondary N) is 1. The van der Waals surface area contributed by atoms with Crippen LogP contribution in [0.1, 0.15) is 25.7 Å². The Morgan fingerprint density at radius 3 is 2.56 bits per heavy atom. The van der Waals surface area contributed by atoms with Gasteiger partial charge in [0.15, 0.2) is 0 Å². The highest BCUT2D eigenvalue weighted by molar-refractivity contribution is 6.10. The lowest BCUT2D eigenvalue weighted by Gasteiger charge is -2.37. The third kappa shape index (κ3) is 3.55. The van der Waals surface area contributed by atoms with E-state index >= 15 is 0 Å². The van der Waals surface area contributed by atoms with Gasteiger partial charge in [-0.1, -0.05) is 12.1 Å². The monoisotopic (exact) mass is 342 g/mol. The molecule has 2 amide bonds. The molecule has 1 aromatic rings. The zero-order valence-corrected chi connectivity index (χ0v) is 14.6. The quantitative estimate of drug-likeness (QED) is 0.905. The number of hydrogen-bond donors (Lipinski definition) is 1. The average molecular weight is 342 g/mol. The molecule has 0 bridgehead atoms. The molecule has 0 atom stereocenters. The van der Waals surface area contributed by atoms with Crippen molar-refractivity contribution in [2.75, 3.05) is 49.5 Å². The van der Waals surface area contributed by atoms with Gasteiger partial charge >= 0.3 is 0 Å². The number of fused-ring (bicyclic) bond motifs is 1. The maximum absolute atomic E-state index is 12.8. The van der Waals surface area contributed by atoms with Gasteiger partial charge in [0.25, 0.3) is 0 Å². The third-order valence-electron chi connectivity index (χ3n) is 5.64. The first-order valence-corrected chi connectivity index (χ1v) is 9.36. The van der Waals surface area contributed by atoms with Crippen LogP contribution in [-0.4, -0.2) is 66.9 Å². The standard InChI is InChI=1S/C19H26N4O2/c24-18-13-23(17-6-2-1-5-16(17)20-18)19(25)14-21-11-7-15(8-12-21)22-9-3-4-10-22/h1-2,5-6,15H,3-4,7-14H2,(H,20,24). The minimum absolute atomic E-state index is 0.0157. The van der Waals surface area contributed by atoms with E-state index in [1.165, 1.54) is 25.9 Å². The molecule has 0 aliphatic carbocycles. The molecule has 4 rings (SSSR count). The molecule has 6 nitrogen and oxygen atoms in total. The molecular weight excluding hydrogens is 316 g/mol. The highest BCUT2D eigenvalue weighted by Gasteiger charge is 2.30. The predicted molar refractivity (Wildman–Crippen MR) is 97.7 cm³/mol. The first-order valence-electron chi connectivity index (χ1n) is 9.36. The normalized spacial score (nSPS) is 22.7. The Labute approximate surface area is 148 Å². The summed E-state index contributed by atoms with van der Waals surface area (Å²) in [5.74, 6) is -0.110. The summed E-state index contributed by atoms with van der Waals surface area (Å²) in [6, 6.07) is 8.20. The summed E-state index contributed by atoms with van der Waals surface area (Å²) in [5, 5.41) is 2.83. The summed E-state index contributed by atoms with van der Waals surface area (Å²) in [6.07, 6.45) is 4.94. The second-order valence-electron chi connectivity index (χ2n) is 7.30. The Morgan fingerprint density at radius 2 is 1.80 bits per heavy atom. The lowest BCUT2D eigenvalue weighted by molar-refractivity contribution is -0.123. The molecule has 2 fully saturated rings. The van der Waals surface area contributed by atoms with E-state index in [1.807, 2.05) is 24.3 Å². The number of anilines is 2. The van der Waals surface area contributed by atoms with Crippen molar-refractivity contribution < 1.29 is 9.59 Å².